The Balaban J connectivity index is 1.92. The van der Waals surface area contributed by atoms with Gasteiger partial charge >= 0.3 is 0 Å². The Hall–Kier alpha value is -2.24. The third-order valence-corrected chi connectivity index (χ3v) is 3.93. The van der Waals surface area contributed by atoms with Crippen molar-refractivity contribution in [2.75, 3.05) is 6.61 Å². The van der Waals surface area contributed by atoms with Crippen LogP contribution < -0.4 is 0 Å². The van der Waals surface area contributed by atoms with E-state index in [-0.39, 0.29) is 0 Å². The summed E-state index contributed by atoms with van der Waals surface area (Å²) in [5.41, 5.74) is 5.48. The monoisotopic (exact) mass is 282 g/mol. The molecule has 21 heavy (non-hydrogen) atoms. The Morgan fingerprint density at radius 3 is 3.10 bits per heavy atom. The van der Waals surface area contributed by atoms with E-state index in [4.69, 9.17) is 9.26 Å². The van der Waals surface area contributed by atoms with Crippen LogP contribution >= 0.6 is 0 Å². The summed E-state index contributed by atoms with van der Waals surface area (Å²) in [6.07, 6.45) is 2.92. The lowest BCUT2D eigenvalue weighted by molar-refractivity contribution is 0.00981. The lowest BCUT2D eigenvalue weighted by atomic mass is 9.94. The molecule has 5 heteroatoms. The molecule has 1 aliphatic heterocycles. The van der Waals surface area contributed by atoms with Gasteiger partial charge in [-0.2, -0.15) is 0 Å². The summed E-state index contributed by atoms with van der Waals surface area (Å²) in [6.45, 7) is 2.73. The second-order valence-corrected chi connectivity index (χ2v) is 5.26. The molecule has 0 radical (unpaired) electrons. The minimum Gasteiger partial charge on any atom is -0.386 e. The third kappa shape index (κ3) is 1.93. The van der Waals surface area contributed by atoms with E-state index in [1.807, 2.05) is 31.3 Å². The molecule has 3 heterocycles. The molecule has 0 spiro atoms. The number of fused-ring (bicyclic) bond motifs is 2. The van der Waals surface area contributed by atoms with Gasteiger partial charge in [0.1, 0.15) is 6.10 Å². The van der Waals surface area contributed by atoms with Crippen molar-refractivity contribution in [3.63, 3.8) is 0 Å². The van der Waals surface area contributed by atoms with Crippen molar-refractivity contribution in [3.8, 4) is 11.1 Å². The maximum Gasteiger partial charge on any atom is 0.167 e. The Bertz CT molecular complexity index is 826. The first-order valence-electron chi connectivity index (χ1n) is 6.83. The molecule has 0 bridgehead atoms. The first-order chi connectivity index (χ1) is 10.2. The van der Waals surface area contributed by atoms with Gasteiger partial charge in [-0.1, -0.05) is 11.2 Å². The molecule has 0 aliphatic carbocycles. The number of rotatable bonds is 1. The van der Waals surface area contributed by atoms with Gasteiger partial charge in [0.15, 0.2) is 5.58 Å². The van der Waals surface area contributed by atoms with E-state index in [1.54, 1.807) is 6.20 Å². The maximum atomic E-state index is 10.0. The van der Waals surface area contributed by atoms with Crippen LogP contribution in [0.4, 0.5) is 0 Å². The van der Waals surface area contributed by atoms with Crippen LogP contribution in [0.2, 0.25) is 0 Å². The van der Waals surface area contributed by atoms with Gasteiger partial charge in [0.25, 0.3) is 0 Å². The van der Waals surface area contributed by atoms with Gasteiger partial charge in [-0.15, -0.1) is 0 Å². The predicted molar refractivity (Wildman–Crippen MR) is 76.6 cm³/mol. The second-order valence-electron chi connectivity index (χ2n) is 5.26. The molecule has 1 aromatic carbocycles. The summed E-state index contributed by atoms with van der Waals surface area (Å²) < 4.78 is 10.7. The number of hydrogen-bond donors (Lipinski definition) is 1. The fourth-order valence-corrected chi connectivity index (χ4v) is 2.79. The highest BCUT2D eigenvalue weighted by atomic mass is 16.5. The highest BCUT2D eigenvalue weighted by molar-refractivity contribution is 5.85. The zero-order chi connectivity index (χ0) is 14.4. The molecule has 1 atom stereocenters. The first kappa shape index (κ1) is 12.5. The van der Waals surface area contributed by atoms with Crippen LogP contribution in [0.25, 0.3) is 22.1 Å². The highest BCUT2D eigenvalue weighted by Gasteiger charge is 2.22. The fourth-order valence-electron chi connectivity index (χ4n) is 2.79. The number of aryl methyl sites for hydroxylation is 1. The molecule has 3 aromatic rings. The van der Waals surface area contributed by atoms with Gasteiger partial charge in [0, 0.05) is 28.9 Å². The second kappa shape index (κ2) is 4.65. The number of aromatic nitrogens is 2. The molecule has 1 N–H and O–H groups in total. The molecule has 5 nitrogen and oxygen atoms in total. The van der Waals surface area contributed by atoms with Crippen molar-refractivity contribution in [2.24, 2.45) is 0 Å². The fraction of sp³-hybridized carbons (Fsp3) is 0.250. The molecule has 4 rings (SSSR count). The van der Waals surface area contributed by atoms with Gasteiger partial charge in [0.05, 0.1) is 18.9 Å². The van der Waals surface area contributed by atoms with Crippen LogP contribution in [-0.2, 0) is 11.3 Å². The molecule has 1 unspecified atom stereocenters. The van der Waals surface area contributed by atoms with Gasteiger partial charge in [0.2, 0.25) is 0 Å². The van der Waals surface area contributed by atoms with Crippen LogP contribution in [-0.4, -0.2) is 21.9 Å². The number of pyridine rings is 1. The Labute approximate surface area is 121 Å². The molecule has 0 amide bonds. The molecular formula is C16H14N2O3. The molecule has 0 fully saturated rings. The van der Waals surface area contributed by atoms with Crippen LogP contribution in [0.3, 0.4) is 0 Å². The molecule has 0 saturated carbocycles. The largest absolute Gasteiger partial charge is 0.386 e. The van der Waals surface area contributed by atoms with Gasteiger partial charge in [-0.05, 0) is 30.2 Å². The molecule has 0 saturated heterocycles. The van der Waals surface area contributed by atoms with Crippen molar-refractivity contribution in [3.05, 3.63) is 47.4 Å². The van der Waals surface area contributed by atoms with Crippen molar-refractivity contribution >= 4 is 11.0 Å². The van der Waals surface area contributed by atoms with Gasteiger partial charge < -0.3 is 14.4 Å². The summed E-state index contributed by atoms with van der Waals surface area (Å²) in [5.74, 6) is 0. The summed E-state index contributed by atoms with van der Waals surface area (Å²) in [6, 6.07) is 5.93. The normalized spacial score (nSPS) is 17.9. The van der Waals surface area contributed by atoms with Crippen LogP contribution in [0.5, 0.6) is 0 Å². The number of aliphatic hydroxyl groups is 1. The van der Waals surface area contributed by atoms with Crippen LogP contribution in [0.15, 0.2) is 35.1 Å². The maximum absolute atomic E-state index is 10.0. The quantitative estimate of drug-likeness (QED) is 0.743. The van der Waals surface area contributed by atoms with Gasteiger partial charge in [-0.25, -0.2) is 0 Å². The number of hydrogen-bond acceptors (Lipinski definition) is 5. The number of aliphatic hydroxyl groups excluding tert-OH is 1. The lowest BCUT2D eigenvalue weighted by Crippen LogP contribution is -2.17. The topological polar surface area (TPSA) is 68.4 Å². The van der Waals surface area contributed by atoms with E-state index >= 15 is 0 Å². The van der Waals surface area contributed by atoms with Gasteiger partial charge in [-0.3, -0.25) is 4.98 Å². The van der Waals surface area contributed by atoms with E-state index in [0.29, 0.717) is 13.2 Å². The molecular weight excluding hydrogens is 268 g/mol. The van der Waals surface area contributed by atoms with Crippen molar-refractivity contribution in [1.29, 1.82) is 0 Å². The summed E-state index contributed by atoms with van der Waals surface area (Å²) in [5, 5.41) is 15.0. The van der Waals surface area contributed by atoms with E-state index in [2.05, 4.69) is 10.1 Å². The number of benzene rings is 1. The van der Waals surface area contributed by atoms with E-state index in [0.717, 1.165) is 38.9 Å². The summed E-state index contributed by atoms with van der Waals surface area (Å²) in [7, 11) is 0. The third-order valence-electron chi connectivity index (χ3n) is 3.93. The molecule has 106 valence electrons. The summed E-state index contributed by atoms with van der Waals surface area (Å²) in [4.78, 5) is 4.26. The number of nitrogens with zero attached hydrogens (tertiary/aromatic N) is 2. The van der Waals surface area contributed by atoms with Crippen molar-refractivity contribution < 1.29 is 14.4 Å². The van der Waals surface area contributed by atoms with Crippen molar-refractivity contribution in [1.82, 2.24) is 10.1 Å². The Morgan fingerprint density at radius 1 is 1.29 bits per heavy atom. The van der Waals surface area contributed by atoms with E-state index < -0.39 is 6.10 Å². The molecule has 2 aromatic heterocycles. The zero-order valence-corrected chi connectivity index (χ0v) is 11.5. The van der Waals surface area contributed by atoms with Crippen LogP contribution in [0, 0.1) is 6.92 Å². The Kier molecular flexibility index (Phi) is 2.77. The minimum atomic E-state index is -0.609. The zero-order valence-electron chi connectivity index (χ0n) is 11.5. The summed E-state index contributed by atoms with van der Waals surface area (Å²) >= 11 is 0. The van der Waals surface area contributed by atoms with Crippen LogP contribution in [0.1, 0.15) is 22.9 Å². The SMILES string of the molecule is Cc1noc2ccc(-c3cncc4c3COCC4O)cc12. The Morgan fingerprint density at radius 2 is 2.19 bits per heavy atom. The predicted octanol–water partition coefficient (Wildman–Crippen LogP) is 2.76. The average molecular weight is 282 g/mol. The highest BCUT2D eigenvalue weighted by Crippen LogP contribution is 2.34. The first-order valence-corrected chi connectivity index (χ1v) is 6.83. The molecule has 1 aliphatic rings. The minimum absolute atomic E-state index is 0.321. The van der Waals surface area contributed by atoms with E-state index in [9.17, 15) is 5.11 Å². The number of ether oxygens (including phenoxy) is 1. The van der Waals surface area contributed by atoms with E-state index in [1.165, 1.54) is 0 Å². The average Bonchev–Trinajstić information content (AvgIpc) is 2.88. The lowest BCUT2D eigenvalue weighted by Gasteiger charge is -2.23. The standard InChI is InChI=1S/C16H14N2O3/c1-9-11-4-10(2-3-16(11)21-18-9)12-5-17-6-13-14(12)7-20-8-15(13)19/h2-6,15,19H,7-8H2,1H3. The smallest absolute Gasteiger partial charge is 0.167 e. The van der Waals surface area contributed by atoms with Crippen molar-refractivity contribution in [2.45, 2.75) is 19.6 Å².